The van der Waals surface area contributed by atoms with E-state index in [0.29, 0.717) is 11.2 Å². The number of nitrogens with zero attached hydrogens (tertiary/aromatic N) is 7. The molecule has 4 heterocycles. The van der Waals surface area contributed by atoms with E-state index in [-0.39, 0.29) is 5.82 Å². The van der Waals surface area contributed by atoms with Crippen molar-refractivity contribution >= 4 is 16.6 Å². The molecule has 0 aliphatic rings. The minimum absolute atomic E-state index is 0.162. The Morgan fingerprint density at radius 1 is 1.00 bits per heavy atom. The number of alkyl halides is 1. The SMILES string of the molecule is Cc1ccc2nnc(C(F)c3ccc4ncc(-c5cnn(C)c5)cc4c3)n2n1. The fourth-order valence-corrected chi connectivity index (χ4v) is 3.24. The average molecular weight is 373 g/mol. The monoisotopic (exact) mass is 373 g/mol. The van der Waals surface area contributed by atoms with Crippen molar-refractivity contribution in [1.82, 2.24) is 34.6 Å². The van der Waals surface area contributed by atoms with Crippen LogP contribution >= 0.6 is 0 Å². The molecule has 0 aliphatic carbocycles. The second-order valence-corrected chi connectivity index (χ2v) is 6.74. The van der Waals surface area contributed by atoms with Gasteiger partial charge in [-0.3, -0.25) is 9.67 Å². The molecule has 8 heteroatoms. The first-order chi connectivity index (χ1) is 13.6. The summed E-state index contributed by atoms with van der Waals surface area (Å²) in [4.78, 5) is 4.49. The van der Waals surface area contributed by atoms with Crippen molar-refractivity contribution in [2.45, 2.75) is 13.1 Å². The van der Waals surface area contributed by atoms with Gasteiger partial charge in [-0.05, 0) is 42.8 Å². The number of hydrogen-bond donors (Lipinski definition) is 0. The molecule has 5 aromatic rings. The van der Waals surface area contributed by atoms with Gasteiger partial charge in [-0.1, -0.05) is 6.07 Å². The molecule has 0 bridgehead atoms. The van der Waals surface area contributed by atoms with Gasteiger partial charge in [0.1, 0.15) is 0 Å². The Balaban J connectivity index is 1.58. The first-order valence-corrected chi connectivity index (χ1v) is 8.80. The number of halogens is 1. The summed E-state index contributed by atoms with van der Waals surface area (Å²) in [5.41, 5.74) is 4.45. The largest absolute Gasteiger partial charge is 0.275 e. The van der Waals surface area contributed by atoms with Gasteiger partial charge in [0.25, 0.3) is 0 Å². The minimum Gasteiger partial charge on any atom is -0.275 e. The standard InChI is InChI=1S/C20H16FN7/c1-12-3-6-18-24-25-20(28(18)26-12)19(21)13-4-5-17-14(7-13)8-15(9-22-17)16-10-23-27(2)11-16/h3-11,19H,1-2H3. The van der Waals surface area contributed by atoms with Gasteiger partial charge in [0.05, 0.1) is 17.4 Å². The van der Waals surface area contributed by atoms with E-state index in [9.17, 15) is 0 Å². The molecule has 0 amide bonds. The fraction of sp³-hybridized carbons (Fsp3) is 0.150. The molecule has 28 heavy (non-hydrogen) atoms. The summed E-state index contributed by atoms with van der Waals surface area (Å²) < 4.78 is 18.5. The summed E-state index contributed by atoms with van der Waals surface area (Å²) in [7, 11) is 1.86. The quantitative estimate of drug-likeness (QED) is 0.484. The predicted octanol–water partition coefficient (Wildman–Crippen LogP) is 3.44. The number of hydrogen-bond acceptors (Lipinski definition) is 5. The van der Waals surface area contributed by atoms with E-state index >= 15 is 4.39 Å². The van der Waals surface area contributed by atoms with Crippen molar-refractivity contribution in [2.24, 2.45) is 7.05 Å². The normalized spacial score (nSPS) is 12.7. The van der Waals surface area contributed by atoms with Gasteiger partial charge < -0.3 is 0 Å². The molecule has 1 aromatic carbocycles. The maximum absolute atomic E-state index is 15.3. The van der Waals surface area contributed by atoms with Crippen LogP contribution in [-0.2, 0) is 7.05 Å². The summed E-state index contributed by atoms with van der Waals surface area (Å²) >= 11 is 0. The van der Waals surface area contributed by atoms with Crippen LogP contribution in [0.3, 0.4) is 0 Å². The molecule has 0 fully saturated rings. The highest BCUT2D eigenvalue weighted by Crippen LogP contribution is 2.29. The van der Waals surface area contributed by atoms with Crippen LogP contribution in [0.4, 0.5) is 4.39 Å². The lowest BCUT2D eigenvalue weighted by molar-refractivity contribution is 0.377. The molecular formula is C20H16FN7. The van der Waals surface area contributed by atoms with Gasteiger partial charge in [0.2, 0.25) is 0 Å². The van der Waals surface area contributed by atoms with Gasteiger partial charge in [0.15, 0.2) is 17.6 Å². The molecule has 0 saturated carbocycles. The Kier molecular flexibility index (Phi) is 3.65. The van der Waals surface area contributed by atoms with E-state index in [0.717, 1.165) is 27.7 Å². The molecule has 0 saturated heterocycles. The molecule has 0 radical (unpaired) electrons. The molecule has 7 nitrogen and oxygen atoms in total. The predicted molar refractivity (Wildman–Crippen MR) is 102 cm³/mol. The Labute approximate surface area is 159 Å². The first-order valence-electron chi connectivity index (χ1n) is 8.80. The molecule has 0 N–H and O–H groups in total. The Hall–Kier alpha value is -3.68. The van der Waals surface area contributed by atoms with Crippen molar-refractivity contribution in [3.63, 3.8) is 0 Å². The van der Waals surface area contributed by atoms with E-state index in [1.807, 2.05) is 38.4 Å². The summed E-state index contributed by atoms with van der Waals surface area (Å²) in [5, 5.41) is 17.4. The second-order valence-electron chi connectivity index (χ2n) is 6.74. The van der Waals surface area contributed by atoms with Gasteiger partial charge in [-0.25, -0.2) is 4.39 Å². The van der Waals surface area contributed by atoms with E-state index in [4.69, 9.17) is 0 Å². The van der Waals surface area contributed by atoms with Crippen LogP contribution in [0.15, 0.2) is 55.0 Å². The topological polar surface area (TPSA) is 73.8 Å². The van der Waals surface area contributed by atoms with Crippen molar-refractivity contribution in [3.8, 4) is 11.1 Å². The van der Waals surface area contributed by atoms with Gasteiger partial charge in [-0.2, -0.15) is 14.7 Å². The van der Waals surface area contributed by atoms with Crippen LogP contribution in [0, 0.1) is 6.92 Å². The van der Waals surface area contributed by atoms with Crippen LogP contribution in [0.2, 0.25) is 0 Å². The fourth-order valence-electron chi connectivity index (χ4n) is 3.24. The zero-order chi connectivity index (χ0) is 19.3. The number of benzene rings is 1. The smallest absolute Gasteiger partial charge is 0.193 e. The summed E-state index contributed by atoms with van der Waals surface area (Å²) in [6.07, 6.45) is 4.04. The minimum atomic E-state index is -1.45. The lowest BCUT2D eigenvalue weighted by Crippen LogP contribution is -2.04. The van der Waals surface area contributed by atoms with Gasteiger partial charge in [-0.15, -0.1) is 10.2 Å². The Morgan fingerprint density at radius 3 is 2.71 bits per heavy atom. The third-order valence-electron chi connectivity index (χ3n) is 4.68. The van der Waals surface area contributed by atoms with Crippen molar-refractivity contribution < 1.29 is 4.39 Å². The van der Waals surface area contributed by atoms with Crippen LogP contribution in [0.1, 0.15) is 23.3 Å². The molecule has 1 unspecified atom stereocenters. The van der Waals surface area contributed by atoms with E-state index in [1.165, 1.54) is 4.52 Å². The molecule has 0 spiro atoms. The zero-order valence-corrected chi connectivity index (χ0v) is 15.3. The number of rotatable bonds is 3. The van der Waals surface area contributed by atoms with Crippen molar-refractivity contribution in [2.75, 3.05) is 0 Å². The Bertz CT molecular complexity index is 1320. The first kappa shape index (κ1) is 16.5. The van der Waals surface area contributed by atoms with Crippen LogP contribution in [0.5, 0.6) is 0 Å². The summed E-state index contributed by atoms with van der Waals surface area (Å²) in [5.74, 6) is 0.162. The van der Waals surface area contributed by atoms with Crippen LogP contribution < -0.4 is 0 Å². The summed E-state index contributed by atoms with van der Waals surface area (Å²) in [6, 6.07) is 10.9. The molecule has 0 aliphatic heterocycles. The van der Waals surface area contributed by atoms with Crippen molar-refractivity contribution in [3.05, 3.63) is 72.1 Å². The number of pyridine rings is 1. The Morgan fingerprint density at radius 2 is 1.89 bits per heavy atom. The number of fused-ring (bicyclic) bond motifs is 2. The lowest BCUT2D eigenvalue weighted by atomic mass is 10.0. The molecule has 4 aromatic heterocycles. The highest BCUT2D eigenvalue weighted by Gasteiger charge is 2.21. The van der Waals surface area contributed by atoms with E-state index in [1.54, 1.807) is 35.3 Å². The zero-order valence-electron chi connectivity index (χ0n) is 15.3. The second kappa shape index (κ2) is 6.19. The molecule has 5 rings (SSSR count). The molecule has 1 atom stereocenters. The average Bonchev–Trinajstić information content (AvgIpc) is 3.32. The highest BCUT2D eigenvalue weighted by molar-refractivity contribution is 5.84. The maximum atomic E-state index is 15.3. The lowest BCUT2D eigenvalue weighted by Gasteiger charge is -2.09. The molecular weight excluding hydrogens is 357 g/mol. The number of aromatic nitrogens is 7. The highest BCUT2D eigenvalue weighted by atomic mass is 19.1. The maximum Gasteiger partial charge on any atom is 0.193 e. The van der Waals surface area contributed by atoms with Crippen molar-refractivity contribution in [1.29, 1.82) is 0 Å². The van der Waals surface area contributed by atoms with E-state index < -0.39 is 6.17 Å². The summed E-state index contributed by atoms with van der Waals surface area (Å²) in [6.45, 7) is 1.85. The van der Waals surface area contributed by atoms with Crippen LogP contribution in [-0.4, -0.2) is 34.6 Å². The van der Waals surface area contributed by atoms with E-state index in [2.05, 4.69) is 25.4 Å². The third kappa shape index (κ3) is 2.70. The van der Waals surface area contributed by atoms with Gasteiger partial charge >= 0.3 is 0 Å². The number of aryl methyl sites for hydroxylation is 2. The third-order valence-corrected chi connectivity index (χ3v) is 4.68. The molecule has 138 valence electrons. The van der Waals surface area contributed by atoms with Crippen LogP contribution in [0.25, 0.3) is 27.7 Å². The van der Waals surface area contributed by atoms with Gasteiger partial charge in [0, 0.05) is 36.0 Å².